The molecule has 1 heterocycles. The summed E-state index contributed by atoms with van der Waals surface area (Å²) in [6.07, 6.45) is 1.46. The first-order valence-corrected chi connectivity index (χ1v) is 10.7. The maximum absolute atomic E-state index is 12.5. The van der Waals surface area contributed by atoms with E-state index in [0.717, 1.165) is 23.8 Å². The Morgan fingerprint density at radius 1 is 1.00 bits per heavy atom. The van der Waals surface area contributed by atoms with Gasteiger partial charge in [-0.1, -0.05) is 30.3 Å². The van der Waals surface area contributed by atoms with E-state index in [-0.39, 0.29) is 23.5 Å². The zero-order valence-electron chi connectivity index (χ0n) is 16.3. The number of hydrogen-bond donors (Lipinski definition) is 3. The Balaban J connectivity index is 1.61. The van der Waals surface area contributed by atoms with Crippen molar-refractivity contribution in [2.45, 2.75) is 18.0 Å². The summed E-state index contributed by atoms with van der Waals surface area (Å²) in [5.74, 6) is -1.57. The zero-order valence-corrected chi connectivity index (χ0v) is 17.1. The van der Waals surface area contributed by atoms with E-state index >= 15 is 0 Å². The largest absolute Gasteiger partial charge is 0.507 e. The van der Waals surface area contributed by atoms with Crippen molar-refractivity contribution < 1.29 is 32.3 Å². The number of nitrogens with one attached hydrogen (secondary N) is 2. The normalized spacial score (nSPS) is 11.1. The van der Waals surface area contributed by atoms with Crippen molar-refractivity contribution in [1.29, 1.82) is 0 Å². The van der Waals surface area contributed by atoms with E-state index in [1.165, 1.54) is 6.26 Å². The molecule has 0 radical (unpaired) electrons. The number of ether oxygens (including phenoxy) is 1. The fourth-order valence-corrected chi connectivity index (χ4v) is 3.61. The van der Waals surface area contributed by atoms with Crippen molar-refractivity contribution in [3.8, 4) is 5.75 Å². The minimum atomic E-state index is -3.95. The molecule has 0 bridgehead atoms. The molecule has 31 heavy (non-hydrogen) atoms. The number of furan rings is 1. The number of sulfonamides is 1. The number of carbonyl (C=O) groups is 2. The second-order valence-electron chi connectivity index (χ2n) is 6.42. The summed E-state index contributed by atoms with van der Waals surface area (Å²) < 4.78 is 37.4. The predicted octanol–water partition coefficient (Wildman–Crippen LogP) is 1.94. The van der Waals surface area contributed by atoms with Gasteiger partial charge in [0.15, 0.2) is 6.61 Å². The molecule has 0 aliphatic heterocycles. The highest BCUT2D eigenvalue weighted by atomic mass is 32.2. The molecule has 0 aliphatic carbocycles. The number of esters is 1. The lowest BCUT2D eigenvalue weighted by Gasteiger charge is -2.10. The molecule has 0 saturated heterocycles. The lowest BCUT2D eigenvalue weighted by Crippen LogP contribution is -2.28. The topological polar surface area (TPSA) is 135 Å². The van der Waals surface area contributed by atoms with Gasteiger partial charge >= 0.3 is 5.97 Å². The van der Waals surface area contributed by atoms with Gasteiger partial charge in [0, 0.05) is 6.54 Å². The standard InChI is InChI=1S/C21H20N2O7S/c24-19-9-8-17(31(27,28)23-12-15-5-2-1-3-6-15)11-18(19)21(26)30-14-20(25)22-13-16-7-4-10-29-16/h1-11,23-24H,12-14H2,(H,22,25). The van der Waals surface area contributed by atoms with Crippen LogP contribution in [0.15, 0.2) is 76.2 Å². The van der Waals surface area contributed by atoms with Crippen LogP contribution in [0.4, 0.5) is 0 Å². The second-order valence-corrected chi connectivity index (χ2v) is 8.19. The van der Waals surface area contributed by atoms with Crippen molar-refractivity contribution in [1.82, 2.24) is 10.0 Å². The molecule has 1 aromatic heterocycles. The fourth-order valence-electron chi connectivity index (χ4n) is 2.56. The average Bonchev–Trinajstić information content (AvgIpc) is 3.29. The van der Waals surface area contributed by atoms with Crippen molar-refractivity contribution >= 4 is 21.9 Å². The Kier molecular flexibility index (Phi) is 7.06. The summed E-state index contributed by atoms with van der Waals surface area (Å²) in [6, 6.07) is 15.5. The van der Waals surface area contributed by atoms with Crippen LogP contribution < -0.4 is 10.0 Å². The number of amides is 1. The van der Waals surface area contributed by atoms with Crippen molar-refractivity contribution in [2.24, 2.45) is 0 Å². The highest BCUT2D eigenvalue weighted by Gasteiger charge is 2.20. The predicted molar refractivity (Wildman–Crippen MR) is 109 cm³/mol. The smallest absolute Gasteiger partial charge is 0.342 e. The highest BCUT2D eigenvalue weighted by molar-refractivity contribution is 7.89. The molecule has 0 unspecified atom stereocenters. The molecule has 0 aliphatic rings. The molecule has 0 saturated carbocycles. The quantitative estimate of drug-likeness (QED) is 0.429. The zero-order chi connectivity index (χ0) is 22.3. The number of phenolic OH excluding ortho intramolecular Hbond substituents is 1. The molecular formula is C21H20N2O7S. The first-order valence-electron chi connectivity index (χ1n) is 9.18. The third kappa shape index (κ3) is 6.17. The van der Waals surface area contributed by atoms with Crippen molar-refractivity contribution in [3.05, 3.63) is 83.8 Å². The summed E-state index contributed by atoms with van der Waals surface area (Å²) in [4.78, 5) is 23.8. The third-order valence-electron chi connectivity index (χ3n) is 4.18. The van der Waals surface area contributed by atoms with E-state index in [1.807, 2.05) is 6.07 Å². The molecule has 10 heteroatoms. The second kappa shape index (κ2) is 9.92. The van der Waals surface area contributed by atoms with Gasteiger partial charge in [-0.25, -0.2) is 17.9 Å². The minimum Gasteiger partial charge on any atom is -0.507 e. The van der Waals surface area contributed by atoms with Crippen LogP contribution in [0.25, 0.3) is 0 Å². The van der Waals surface area contributed by atoms with Crippen molar-refractivity contribution in [3.63, 3.8) is 0 Å². The van der Waals surface area contributed by atoms with Gasteiger partial charge < -0.3 is 19.6 Å². The SMILES string of the molecule is O=C(COC(=O)c1cc(S(=O)(=O)NCc2ccccc2)ccc1O)NCc1ccco1. The van der Waals surface area contributed by atoms with Crippen LogP contribution in [0.5, 0.6) is 5.75 Å². The molecule has 0 atom stereocenters. The average molecular weight is 444 g/mol. The molecule has 2 aromatic carbocycles. The Bertz CT molecular complexity index is 1140. The number of benzene rings is 2. The van der Waals surface area contributed by atoms with Crippen LogP contribution >= 0.6 is 0 Å². The van der Waals surface area contributed by atoms with Gasteiger partial charge in [0.2, 0.25) is 10.0 Å². The van der Waals surface area contributed by atoms with Crippen LogP contribution in [-0.4, -0.2) is 32.0 Å². The van der Waals surface area contributed by atoms with E-state index in [1.54, 1.807) is 36.4 Å². The number of hydrogen-bond acceptors (Lipinski definition) is 7. The molecule has 0 spiro atoms. The first-order chi connectivity index (χ1) is 14.8. The maximum atomic E-state index is 12.5. The fraction of sp³-hybridized carbons (Fsp3) is 0.143. The number of aromatic hydroxyl groups is 1. The summed E-state index contributed by atoms with van der Waals surface area (Å²) in [5.41, 5.74) is 0.381. The first kappa shape index (κ1) is 22.1. The van der Waals surface area contributed by atoms with E-state index in [9.17, 15) is 23.1 Å². The van der Waals surface area contributed by atoms with Gasteiger partial charge in [0.1, 0.15) is 17.1 Å². The molecule has 162 valence electrons. The molecular weight excluding hydrogens is 424 g/mol. The van der Waals surface area contributed by atoms with E-state index in [0.29, 0.717) is 5.76 Å². The summed E-state index contributed by atoms with van der Waals surface area (Å²) >= 11 is 0. The monoisotopic (exact) mass is 444 g/mol. The lowest BCUT2D eigenvalue weighted by atomic mass is 10.2. The Labute approximate surface area is 178 Å². The highest BCUT2D eigenvalue weighted by Crippen LogP contribution is 2.22. The molecule has 3 N–H and O–H groups in total. The molecule has 9 nitrogen and oxygen atoms in total. The van der Waals surface area contributed by atoms with E-state index in [4.69, 9.17) is 9.15 Å². The van der Waals surface area contributed by atoms with Gasteiger partial charge in [-0.15, -0.1) is 0 Å². The maximum Gasteiger partial charge on any atom is 0.342 e. The van der Waals surface area contributed by atoms with Gasteiger partial charge in [-0.05, 0) is 35.9 Å². The number of phenols is 1. The summed E-state index contributed by atoms with van der Waals surface area (Å²) in [6.45, 7) is -0.433. The van der Waals surface area contributed by atoms with Gasteiger partial charge in [0.25, 0.3) is 5.91 Å². The van der Waals surface area contributed by atoms with Gasteiger partial charge in [-0.2, -0.15) is 0 Å². The molecule has 3 aromatic rings. The van der Waals surface area contributed by atoms with Crippen LogP contribution in [-0.2, 0) is 32.6 Å². The summed E-state index contributed by atoms with van der Waals surface area (Å²) in [5, 5.41) is 12.4. The van der Waals surface area contributed by atoms with Crippen LogP contribution in [0.1, 0.15) is 21.7 Å². The Morgan fingerprint density at radius 3 is 2.48 bits per heavy atom. The summed E-state index contributed by atoms with van der Waals surface area (Å²) in [7, 11) is -3.95. The Hall–Kier alpha value is -3.63. The lowest BCUT2D eigenvalue weighted by molar-refractivity contribution is -0.124. The van der Waals surface area contributed by atoms with Gasteiger partial charge in [0.05, 0.1) is 17.7 Å². The van der Waals surface area contributed by atoms with Crippen LogP contribution in [0.3, 0.4) is 0 Å². The number of carbonyl (C=O) groups excluding carboxylic acids is 2. The molecule has 3 rings (SSSR count). The minimum absolute atomic E-state index is 0.0552. The van der Waals surface area contributed by atoms with Crippen LogP contribution in [0, 0.1) is 0 Å². The van der Waals surface area contributed by atoms with Crippen molar-refractivity contribution in [2.75, 3.05) is 6.61 Å². The Morgan fingerprint density at radius 2 is 1.77 bits per heavy atom. The van der Waals surface area contributed by atoms with Gasteiger partial charge in [-0.3, -0.25) is 4.79 Å². The third-order valence-corrected chi connectivity index (χ3v) is 5.58. The van der Waals surface area contributed by atoms with E-state index in [2.05, 4.69) is 10.0 Å². The van der Waals surface area contributed by atoms with Crippen LogP contribution in [0.2, 0.25) is 0 Å². The molecule has 1 amide bonds. The van der Waals surface area contributed by atoms with E-state index < -0.39 is 34.3 Å². The number of rotatable bonds is 9. The molecule has 0 fully saturated rings.